The van der Waals surface area contributed by atoms with Gasteiger partial charge in [-0.2, -0.15) is 8.42 Å². The van der Waals surface area contributed by atoms with Gasteiger partial charge in [0, 0.05) is 5.56 Å². The lowest BCUT2D eigenvalue weighted by atomic mass is 9.75. The van der Waals surface area contributed by atoms with Crippen molar-refractivity contribution in [1.82, 2.24) is 0 Å². The molecule has 120 valence electrons. The number of ketones is 1. The number of rotatable bonds is 4. The fraction of sp³-hybridized carbons (Fsp3) is 0.467. The summed E-state index contributed by atoms with van der Waals surface area (Å²) >= 11 is 0. The van der Waals surface area contributed by atoms with E-state index in [1.165, 1.54) is 0 Å². The van der Waals surface area contributed by atoms with Crippen molar-refractivity contribution in [1.29, 1.82) is 0 Å². The number of esters is 1. The summed E-state index contributed by atoms with van der Waals surface area (Å²) in [6.07, 6.45) is 0.849. The van der Waals surface area contributed by atoms with Gasteiger partial charge < -0.3 is 4.74 Å². The minimum atomic E-state index is -4.78. The van der Waals surface area contributed by atoms with Crippen LogP contribution >= 0.6 is 0 Å². The highest BCUT2D eigenvalue weighted by Gasteiger charge is 2.48. The van der Waals surface area contributed by atoms with E-state index in [1.54, 1.807) is 24.3 Å². The number of hydrogen-bond acceptors (Lipinski definition) is 5. The molecule has 5 nitrogen and oxygen atoms in total. The van der Waals surface area contributed by atoms with E-state index >= 15 is 0 Å². The van der Waals surface area contributed by atoms with Gasteiger partial charge in [0.1, 0.15) is 5.41 Å². The highest BCUT2D eigenvalue weighted by molar-refractivity contribution is 7.86. The van der Waals surface area contributed by atoms with Crippen LogP contribution in [0.5, 0.6) is 0 Å². The number of carbonyl (C=O) groups is 2. The van der Waals surface area contributed by atoms with Crippen molar-refractivity contribution in [3.63, 3.8) is 0 Å². The summed E-state index contributed by atoms with van der Waals surface area (Å²) in [4.78, 5) is 25.1. The number of halogens is 1. The number of hydrogen-bond donors (Lipinski definition) is 0. The Morgan fingerprint density at radius 1 is 1.36 bits per heavy atom. The van der Waals surface area contributed by atoms with Crippen molar-refractivity contribution in [2.24, 2.45) is 5.41 Å². The van der Waals surface area contributed by atoms with Crippen LogP contribution in [0.2, 0.25) is 0 Å². The number of ether oxygens (including phenoxy) is 1. The Morgan fingerprint density at radius 2 is 2.05 bits per heavy atom. The molecule has 0 bridgehead atoms. The maximum atomic E-state index is 12.9. The standard InChI is InChI=1S/C15H17FO5S/c1-21-14(18)15(9-10-22(16,19)20)8-4-6-11-5-2-3-7-12(11)13(15)17/h2-3,5,7H,4,6,8-10H2,1H3. The molecule has 0 aliphatic heterocycles. The van der Waals surface area contributed by atoms with Crippen molar-refractivity contribution >= 4 is 22.0 Å². The quantitative estimate of drug-likeness (QED) is 0.366. The lowest BCUT2D eigenvalue weighted by Crippen LogP contribution is -2.41. The van der Waals surface area contributed by atoms with Crippen LogP contribution in [-0.4, -0.2) is 33.0 Å². The average Bonchev–Trinajstić information content (AvgIpc) is 2.62. The van der Waals surface area contributed by atoms with Crippen molar-refractivity contribution in [2.45, 2.75) is 25.7 Å². The van der Waals surface area contributed by atoms with E-state index in [2.05, 4.69) is 0 Å². The summed E-state index contributed by atoms with van der Waals surface area (Å²) in [6, 6.07) is 6.87. The Kier molecular flexibility index (Phi) is 4.65. The normalized spacial score (nSPS) is 21.8. The number of Topliss-reactive ketones (excluding diaryl/α,β-unsaturated/α-hetero) is 1. The van der Waals surface area contributed by atoms with Gasteiger partial charge in [0.25, 0.3) is 0 Å². The molecule has 0 saturated carbocycles. The van der Waals surface area contributed by atoms with Gasteiger partial charge in [-0.15, -0.1) is 3.89 Å². The van der Waals surface area contributed by atoms with E-state index in [1.807, 2.05) is 0 Å². The lowest BCUT2D eigenvalue weighted by Gasteiger charge is -2.27. The van der Waals surface area contributed by atoms with E-state index in [0.717, 1.165) is 12.7 Å². The van der Waals surface area contributed by atoms with Gasteiger partial charge in [-0.05, 0) is 31.2 Å². The molecule has 1 aliphatic carbocycles. The highest BCUT2D eigenvalue weighted by atomic mass is 32.3. The molecule has 0 heterocycles. The van der Waals surface area contributed by atoms with Crippen LogP contribution < -0.4 is 0 Å². The molecule has 1 aromatic carbocycles. The first-order valence-electron chi connectivity index (χ1n) is 6.93. The molecular weight excluding hydrogens is 311 g/mol. The largest absolute Gasteiger partial charge is 0.468 e. The van der Waals surface area contributed by atoms with Crippen molar-refractivity contribution < 1.29 is 26.6 Å². The van der Waals surface area contributed by atoms with Gasteiger partial charge in [-0.25, -0.2) is 0 Å². The van der Waals surface area contributed by atoms with Crippen LogP contribution in [0, 0.1) is 5.41 Å². The van der Waals surface area contributed by atoms with Crippen molar-refractivity contribution in [3.05, 3.63) is 35.4 Å². The molecule has 0 amide bonds. The minimum absolute atomic E-state index is 0.142. The molecule has 22 heavy (non-hydrogen) atoms. The molecule has 0 spiro atoms. The molecule has 2 rings (SSSR count). The summed E-state index contributed by atoms with van der Waals surface area (Å²) in [7, 11) is -3.64. The zero-order valence-corrected chi connectivity index (χ0v) is 13.0. The Morgan fingerprint density at radius 3 is 2.68 bits per heavy atom. The van der Waals surface area contributed by atoms with Crippen LogP contribution in [-0.2, 0) is 26.2 Å². The van der Waals surface area contributed by atoms with Crippen molar-refractivity contribution in [3.8, 4) is 0 Å². The van der Waals surface area contributed by atoms with Gasteiger partial charge >= 0.3 is 16.2 Å². The minimum Gasteiger partial charge on any atom is -0.468 e. The summed E-state index contributed by atoms with van der Waals surface area (Å²) in [6.45, 7) is 0. The molecule has 1 aliphatic rings. The third-order valence-corrected chi connectivity index (χ3v) is 4.79. The average molecular weight is 328 g/mol. The Hall–Kier alpha value is -1.76. The predicted octanol–water partition coefficient (Wildman–Crippen LogP) is 2.05. The third-order valence-electron chi connectivity index (χ3n) is 4.10. The second-order valence-corrected chi connectivity index (χ2v) is 6.89. The fourth-order valence-electron chi connectivity index (χ4n) is 2.94. The Bertz CT molecular complexity index is 698. The summed E-state index contributed by atoms with van der Waals surface area (Å²) < 4.78 is 39.3. The smallest absolute Gasteiger partial charge is 0.319 e. The molecule has 0 N–H and O–H groups in total. The Balaban J connectivity index is 2.48. The molecule has 0 saturated heterocycles. The van der Waals surface area contributed by atoms with E-state index in [-0.39, 0.29) is 6.42 Å². The summed E-state index contributed by atoms with van der Waals surface area (Å²) in [5.74, 6) is -2.18. The number of methoxy groups -OCH3 is 1. The predicted molar refractivity (Wildman–Crippen MR) is 77.7 cm³/mol. The molecule has 0 radical (unpaired) electrons. The number of benzene rings is 1. The van der Waals surface area contributed by atoms with Gasteiger partial charge in [0.15, 0.2) is 5.78 Å². The van der Waals surface area contributed by atoms with Crippen LogP contribution in [0.25, 0.3) is 0 Å². The number of fused-ring (bicyclic) bond motifs is 1. The molecule has 1 unspecified atom stereocenters. The van der Waals surface area contributed by atoms with Gasteiger partial charge in [0.05, 0.1) is 12.9 Å². The third kappa shape index (κ3) is 3.19. The Labute approximate surface area is 128 Å². The first-order valence-corrected chi connectivity index (χ1v) is 8.49. The van der Waals surface area contributed by atoms with Crippen LogP contribution in [0.1, 0.15) is 35.2 Å². The molecular formula is C15H17FO5S. The van der Waals surface area contributed by atoms with Crippen molar-refractivity contribution in [2.75, 3.05) is 12.9 Å². The fourth-order valence-corrected chi connectivity index (χ4v) is 3.53. The first-order chi connectivity index (χ1) is 10.3. The van der Waals surface area contributed by atoms with E-state index in [0.29, 0.717) is 18.4 Å². The SMILES string of the molecule is COC(=O)C1(CCS(=O)(=O)F)CCCc2ccccc2C1=O. The zero-order valence-electron chi connectivity index (χ0n) is 12.2. The topological polar surface area (TPSA) is 77.5 Å². The maximum Gasteiger partial charge on any atom is 0.319 e. The summed E-state index contributed by atoms with van der Waals surface area (Å²) in [5, 5.41) is 0. The van der Waals surface area contributed by atoms with E-state index < -0.39 is 39.6 Å². The van der Waals surface area contributed by atoms with E-state index in [4.69, 9.17) is 4.74 Å². The lowest BCUT2D eigenvalue weighted by molar-refractivity contribution is -0.150. The summed E-state index contributed by atoms with van der Waals surface area (Å²) in [5.41, 5.74) is -0.455. The molecule has 7 heteroatoms. The molecule has 1 atom stereocenters. The zero-order chi connectivity index (χ0) is 16.4. The first kappa shape index (κ1) is 16.6. The van der Waals surface area contributed by atoms with Gasteiger partial charge in [-0.1, -0.05) is 24.3 Å². The number of carbonyl (C=O) groups excluding carboxylic acids is 2. The van der Waals surface area contributed by atoms with E-state index in [9.17, 15) is 21.9 Å². The van der Waals surface area contributed by atoms with Crippen LogP contribution in [0.3, 0.4) is 0 Å². The number of aryl methyl sites for hydroxylation is 1. The highest BCUT2D eigenvalue weighted by Crippen LogP contribution is 2.39. The monoisotopic (exact) mass is 328 g/mol. The second-order valence-electron chi connectivity index (χ2n) is 5.41. The van der Waals surface area contributed by atoms with Crippen LogP contribution in [0.15, 0.2) is 24.3 Å². The molecule has 1 aromatic rings. The maximum absolute atomic E-state index is 12.9. The molecule has 0 fully saturated rings. The second kappa shape index (κ2) is 6.16. The van der Waals surface area contributed by atoms with Gasteiger partial charge in [-0.3, -0.25) is 9.59 Å². The van der Waals surface area contributed by atoms with Crippen LogP contribution in [0.4, 0.5) is 3.89 Å². The van der Waals surface area contributed by atoms with Gasteiger partial charge in [0.2, 0.25) is 0 Å². The molecule has 0 aromatic heterocycles.